The van der Waals surface area contributed by atoms with Crippen LogP contribution >= 0.6 is 22.9 Å². The van der Waals surface area contributed by atoms with E-state index in [9.17, 15) is 9.59 Å². The molecule has 2 aromatic carbocycles. The van der Waals surface area contributed by atoms with Crippen molar-refractivity contribution in [2.24, 2.45) is 0 Å². The lowest BCUT2D eigenvalue weighted by Crippen LogP contribution is -2.12. The van der Waals surface area contributed by atoms with Crippen molar-refractivity contribution in [3.63, 3.8) is 0 Å². The zero-order chi connectivity index (χ0) is 24.7. The number of ether oxygens (including phenoxy) is 3. The fraction of sp³-hybridized carbons (Fsp3) is 0.231. The number of carbonyl (C=O) groups excluding carboxylic acids is 2. The Balaban J connectivity index is 1.68. The van der Waals surface area contributed by atoms with Crippen LogP contribution in [0.15, 0.2) is 48.5 Å². The molecular weight excluding hydrogens is 474 g/mol. The van der Waals surface area contributed by atoms with Gasteiger partial charge in [0.2, 0.25) is 5.91 Å². The van der Waals surface area contributed by atoms with Gasteiger partial charge < -0.3 is 19.5 Å². The largest absolute Gasteiger partial charge is 0.493 e. The maximum atomic E-state index is 12.5. The number of benzene rings is 2. The number of anilines is 1. The highest BCUT2D eigenvalue weighted by Gasteiger charge is 2.21. The third-order valence-electron chi connectivity index (χ3n) is 5.02. The average Bonchev–Trinajstić information content (AvgIpc) is 3.10. The summed E-state index contributed by atoms with van der Waals surface area (Å²) in [6.07, 6.45) is 3.07. The van der Waals surface area contributed by atoms with Crippen LogP contribution in [0.5, 0.6) is 11.5 Å². The number of hydrogen-bond donors (Lipinski definition) is 1. The first-order chi connectivity index (χ1) is 16.3. The van der Waals surface area contributed by atoms with Crippen molar-refractivity contribution in [2.45, 2.75) is 27.4 Å². The fourth-order valence-corrected chi connectivity index (χ4v) is 4.32. The second kappa shape index (κ2) is 11.7. The molecular formula is C26H26ClNO5S. The first-order valence-corrected chi connectivity index (χ1v) is 11.8. The van der Waals surface area contributed by atoms with Crippen LogP contribution in [0.3, 0.4) is 0 Å². The zero-order valence-corrected chi connectivity index (χ0v) is 21.0. The Morgan fingerprint density at radius 3 is 2.50 bits per heavy atom. The smallest absolute Gasteiger partial charge is 0.341 e. The van der Waals surface area contributed by atoms with Crippen LogP contribution in [-0.2, 0) is 16.1 Å². The van der Waals surface area contributed by atoms with Gasteiger partial charge in [-0.2, -0.15) is 0 Å². The molecule has 3 rings (SSSR count). The van der Waals surface area contributed by atoms with Crippen LogP contribution in [0, 0.1) is 13.8 Å². The van der Waals surface area contributed by atoms with Gasteiger partial charge in [0.15, 0.2) is 11.5 Å². The van der Waals surface area contributed by atoms with E-state index >= 15 is 0 Å². The molecule has 0 radical (unpaired) electrons. The van der Waals surface area contributed by atoms with E-state index in [4.69, 9.17) is 25.8 Å². The van der Waals surface area contributed by atoms with E-state index in [0.717, 1.165) is 21.6 Å². The van der Waals surface area contributed by atoms with Gasteiger partial charge >= 0.3 is 5.97 Å². The first-order valence-electron chi connectivity index (χ1n) is 10.6. The zero-order valence-electron chi connectivity index (χ0n) is 19.4. The van der Waals surface area contributed by atoms with E-state index in [-0.39, 0.29) is 12.5 Å². The van der Waals surface area contributed by atoms with Crippen LogP contribution in [0.4, 0.5) is 5.00 Å². The summed E-state index contributed by atoms with van der Waals surface area (Å²) in [5.74, 6) is 0.338. The normalized spacial score (nSPS) is 10.9. The minimum Gasteiger partial charge on any atom is -0.493 e. The monoisotopic (exact) mass is 499 g/mol. The lowest BCUT2D eigenvalue weighted by Gasteiger charge is -2.11. The van der Waals surface area contributed by atoms with Crippen LogP contribution in [0.2, 0.25) is 5.02 Å². The quantitative estimate of drug-likeness (QED) is 0.271. The summed E-state index contributed by atoms with van der Waals surface area (Å²) in [4.78, 5) is 25.8. The maximum Gasteiger partial charge on any atom is 0.341 e. The third kappa shape index (κ3) is 6.40. The van der Waals surface area contributed by atoms with E-state index in [2.05, 4.69) is 5.32 Å². The summed E-state index contributed by atoms with van der Waals surface area (Å²) >= 11 is 7.26. The fourth-order valence-electron chi connectivity index (χ4n) is 3.14. The molecule has 0 atom stereocenters. The number of amides is 1. The highest BCUT2D eigenvalue weighted by Crippen LogP contribution is 2.33. The minimum atomic E-state index is -0.442. The second-order valence-corrected chi connectivity index (χ2v) is 9.02. The van der Waals surface area contributed by atoms with Crippen molar-refractivity contribution >= 4 is 45.9 Å². The van der Waals surface area contributed by atoms with Gasteiger partial charge in [-0.3, -0.25) is 4.79 Å². The number of aryl methyl sites for hydroxylation is 1. The van der Waals surface area contributed by atoms with Gasteiger partial charge in [0.05, 0.1) is 19.3 Å². The Bertz CT molecular complexity index is 1200. The molecule has 3 aromatic rings. The Kier molecular flexibility index (Phi) is 8.73. The molecule has 34 heavy (non-hydrogen) atoms. The number of carbonyl (C=O) groups is 2. The molecule has 0 fully saturated rings. The standard InChI is InChI=1S/C26H26ClNO5S/c1-5-32-26(30)24-16(2)17(3)34-25(24)28-23(29)13-9-18-8-12-21(22(14-18)31-4)33-15-19-6-10-20(27)11-7-19/h6-14H,5,15H2,1-4H3,(H,28,29)/b13-9+. The van der Waals surface area contributed by atoms with E-state index in [1.807, 2.05) is 44.2 Å². The van der Waals surface area contributed by atoms with Crippen molar-refractivity contribution < 1.29 is 23.8 Å². The number of thiophene rings is 1. The number of methoxy groups -OCH3 is 1. The van der Waals surface area contributed by atoms with Gasteiger partial charge in [-0.05, 0) is 67.8 Å². The van der Waals surface area contributed by atoms with E-state index in [0.29, 0.717) is 33.7 Å². The SMILES string of the molecule is CCOC(=O)c1c(NC(=O)/C=C/c2ccc(OCc3ccc(Cl)cc3)c(OC)c2)sc(C)c1C. The number of hydrogen-bond acceptors (Lipinski definition) is 6. The Labute approximate surface area is 208 Å². The van der Waals surface area contributed by atoms with Gasteiger partial charge in [0.1, 0.15) is 11.6 Å². The summed E-state index contributed by atoms with van der Waals surface area (Å²) in [6, 6.07) is 12.8. The second-order valence-electron chi connectivity index (χ2n) is 7.36. The molecule has 0 saturated heterocycles. The van der Waals surface area contributed by atoms with Crippen LogP contribution in [-0.4, -0.2) is 25.6 Å². The van der Waals surface area contributed by atoms with Crippen molar-refractivity contribution in [2.75, 3.05) is 19.0 Å². The van der Waals surface area contributed by atoms with Crippen molar-refractivity contribution in [1.82, 2.24) is 0 Å². The molecule has 1 heterocycles. The van der Waals surface area contributed by atoms with Gasteiger partial charge in [0, 0.05) is 16.0 Å². The predicted molar refractivity (Wildman–Crippen MR) is 136 cm³/mol. The lowest BCUT2D eigenvalue weighted by atomic mass is 10.1. The highest BCUT2D eigenvalue weighted by molar-refractivity contribution is 7.16. The van der Waals surface area contributed by atoms with Crippen molar-refractivity contribution in [3.05, 3.63) is 80.7 Å². The van der Waals surface area contributed by atoms with Crippen LogP contribution in [0.1, 0.15) is 38.8 Å². The molecule has 0 aliphatic carbocycles. The first kappa shape index (κ1) is 25.3. The Morgan fingerprint density at radius 2 is 1.82 bits per heavy atom. The summed E-state index contributed by atoms with van der Waals surface area (Å²) in [5, 5.41) is 3.94. The predicted octanol–water partition coefficient (Wildman–Crippen LogP) is 6.43. The van der Waals surface area contributed by atoms with Crippen molar-refractivity contribution in [3.8, 4) is 11.5 Å². The number of esters is 1. The van der Waals surface area contributed by atoms with Crippen LogP contribution < -0.4 is 14.8 Å². The van der Waals surface area contributed by atoms with Gasteiger partial charge in [-0.15, -0.1) is 11.3 Å². The van der Waals surface area contributed by atoms with Gasteiger partial charge in [-0.1, -0.05) is 29.8 Å². The van der Waals surface area contributed by atoms with Gasteiger partial charge in [0.25, 0.3) is 0 Å². The highest BCUT2D eigenvalue weighted by atomic mass is 35.5. The van der Waals surface area contributed by atoms with Crippen molar-refractivity contribution in [1.29, 1.82) is 0 Å². The number of halogens is 1. The topological polar surface area (TPSA) is 73.9 Å². The molecule has 178 valence electrons. The molecule has 6 nitrogen and oxygen atoms in total. The molecule has 1 N–H and O–H groups in total. The van der Waals surface area contributed by atoms with E-state index < -0.39 is 5.97 Å². The molecule has 1 aromatic heterocycles. The maximum absolute atomic E-state index is 12.5. The van der Waals surface area contributed by atoms with E-state index in [1.165, 1.54) is 17.4 Å². The summed E-state index contributed by atoms with van der Waals surface area (Å²) in [6.45, 7) is 6.12. The molecule has 0 saturated carbocycles. The average molecular weight is 500 g/mol. The Hall–Kier alpha value is -3.29. The van der Waals surface area contributed by atoms with Gasteiger partial charge in [-0.25, -0.2) is 4.79 Å². The minimum absolute atomic E-state index is 0.266. The van der Waals surface area contributed by atoms with E-state index in [1.54, 1.807) is 32.2 Å². The van der Waals surface area contributed by atoms with Crippen LogP contribution in [0.25, 0.3) is 6.08 Å². The molecule has 0 aliphatic heterocycles. The molecule has 0 bridgehead atoms. The Morgan fingerprint density at radius 1 is 1.09 bits per heavy atom. The molecule has 1 amide bonds. The molecule has 8 heteroatoms. The molecule has 0 unspecified atom stereocenters. The molecule has 0 aliphatic rings. The number of nitrogens with one attached hydrogen (secondary N) is 1. The number of rotatable bonds is 9. The lowest BCUT2D eigenvalue weighted by molar-refractivity contribution is -0.111. The summed E-state index contributed by atoms with van der Waals surface area (Å²) in [7, 11) is 1.56. The molecule has 0 spiro atoms. The third-order valence-corrected chi connectivity index (χ3v) is 6.40. The summed E-state index contributed by atoms with van der Waals surface area (Å²) in [5.41, 5.74) is 2.94. The summed E-state index contributed by atoms with van der Waals surface area (Å²) < 4.78 is 16.4.